The molecule has 0 saturated carbocycles. The van der Waals surface area contributed by atoms with Gasteiger partial charge in [0.1, 0.15) is 11.6 Å². The maximum atomic E-state index is 13.7. The van der Waals surface area contributed by atoms with Crippen molar-refractivity contribution in [2.75, 3.05) is 6.61 Å². The van der Waals surface area contributed by atoms with E-state index < -0.39 is 23.6 Å². The molecule has 2 rings (SSSR count). The van der Waals surface area contributed by atoms with Crippen LogP contribution in [0.5, 0.6) is 0 Å². The molecule has 120 valence electrons. The van der Waals surface area contributed by atoms with Gasteiger partial charge in [0.2, 0.25) is 6.10 Å². The van der Waals surface area contributed by atoms with Gasteiger partial charge in [-0.25, -0.2) is 8.78 Å². The van der Waals surface area contributed by atoms with Crippen molar-refractivity contribution in [3.63, 3.8) is 0 Å². The smallest absolute Gasteiger partial charge is 0.264 e. The molecule has 0 radical (unpaired) electrons. The van der Waals surface area contributed by atoms with E-state index in [0.29, 0.717) is 0 Å². The lowest BCUT2D eigenvalue weighted by atomic mass is 10.0. The zero-order chi connectivity index (χ0) is 16.3. The minimum atomic E-state index is -0.883. The first-order valence-corrected chi connectivity index (χ1v) is 7.01. The van der Waals surface area contributed by atoms with Gasteiger partial charge in [-0.1, -0.05) is 12.1 Å². The Morgan fingerprint density at radius 3 is 2.91 bits per heavy atom. The van der Waals surface area contributed by atoms with Crippen LogP contribution < -0.4 is 5.32 Å². The number of oxime groups is 1. The van der Waals surface area contributed by atoms with Crippen molar-refractivity contribution in [1.82, 2.24) is 5.32 Å². The Morgan fingerprint density at radius 2 is 2.23 bits per heavy atom. The van der Waals surface area contributed by atoms with E-state index in [1.165, 1.54) is 0 Å². The molecule has 0 bridgehead atoms. The third-order valence-electron chi connectivity index (χ3n) is 3.71. The maximum Gasteiger partial charge on any atom is 0.264 e. The van der Waals surface area contributed by atoms with Gasteiger partial charge in [-0.2, -0.15) is 0 Å². The molecule has 5 nitrogen and oxygen atoms in total. The molecule has 1 aliphatic heterocycles. The van der Waals surface area contributed by atoms with E-state index in [0.717, 1.165) is 18.2 Å². The Bertz CT molecular complexity index is 592. The summed E-state index contributed by atoms with van der Waals surface area (Å²) in [6.07, 6.45) is -0.821. The number of rotatable bonds is 5. The normalized spacial score (nSPS) is 20.0. The number of hydrogen-bond donors (Lipinski definition) is 2. The number of hydrogen-bond acceptors (Lipinski definition) is 4. The lowest BCUT2D eigenvalue weighted by molar-refractivity contribution is -0.132. The first-order chi connectivity index (χ1) is 10.4. The second-order valence-electron chi connectivity index (χ2n) is 5.42. The number of nitrogens with one attached hydrogen (secondary N) is 1. The standard InChI is InChI=1S/C15H18F2N2O3/c1-8(7-20)9(2)18-15(21)14-6-13(19-22-14)11-5-10(16)3-4-12(11)17/h3-5,8-9,14,20H,6-7H2,1-2H3,(H,18,21)/t8-,9+,14-/m1/s1. The first-order valence-electron chi connectivity index (χ1n) is 7.01. The minimum absolute atomic E-state index is 0.00734. The molecule has 0 unspecified atom stereocenters. The number of benzene rings is 1. The molecule has 0 spiro atoms. The largest absolute Gasteiger partial charge is 0.396 e. The highest BCUT2D eigenvalue weighted by atomic mass is 19.1. The predicted octanol–water partition coefficient (Wildman–Crippen LogP) is 1.59. The summed E-state index contributed by atoms with van der Waals surface area (Å²) in [5, 5.41) is 15.4. The Labute approximate surface area is 127 Å². The van der Waals surface area contributed by atoms with Crippen LogP contribution in [0.1, 0.15) is 25.8 Å². The molecule has 1 amide bonds. The van der Waals surface area contributed by atoms with E-state index in [1.807, 2.05) is 0 Å². The third kappa shape index (κ3) is 3.59. The predicted molar refractivity (Wildman–Crippen MR) is 76.2 cm³/mol. The molecule has 0 aromatic heterocycles. The first kappa shape index (κ1) is 16.4. The highest BCUT2D eigenvalue weighted by molar-refractivity contribution is 6.04. The summed E-state index contributed by atoms with van der Waals surface area (Å²) in [4.78, 5) is 17.1. The monoisotopic (exact) mass is 312 g/mol. The molecule has 1 aromatic rings. The van der Waals surface area contributed by atoms with Crippen molar-refractivity contribution < 1.29 is 23.5 Å². The minimum Gasteiger partial charge on any atom is -0.396 e. The summed E-state index contributed by atoms with van der Waals surface area (Å²) in [6.45, 7) is 3.51. The number of carbonyl (C=O) groups excluding carboxylic acids is 1. The van der Waals surface area contributed by atoms with E-state index in [2.05, 4.69) is 10.5 Å². The Hall–Kier alpha value is -2.02. The van der Waals surface area contributed by atoms with Crippen LogP contribution in [-0.4, -0.2) is 35.5 Å². The van der Waals surface area contributed by atoms with Gasteiger partial charge in [-0.15, -0.1) is 0 Å². The summed E-state index contributed by atoms with van der Waals surface area (Å²) in [5.41, 5.74) is 0.187. The fraction of sp³-hybridized carbons (Fsp3) is 0.467. The highest BCUT2D eigenvalue weighted by Crippen LogP contribution is 2.20. The Morgan fingerprint density at radius 1 is 1.50 bits per heavy atom. The van der Waals surface area contributed by atoms with Gasteiger partial charge >= 0.3 is 0 Å². The van der Waals surface area contributed by atoms with E-state index in [1.54, 1.807) is 13.8 Å². The second kappa shape index (κ2) is 6.83. The number of halogens is 2. The molecule has 2 N–H and O–H groups in total. The number of carbonyl (C=O) groups is 1. The number of aliphatic hydroxyl groups is 1. The Kier molecular flexibility index (Phi) is 5.07. The van der Waals surface area contributed by atoms with Crippen LogP contribution in [0.15, 0.2) is 23.4 Å². The van der Waals surface area contributed by atoms with Crippen LogP contribution in [0.3, 0.4) is 0 Å². The molecule has 1 aliphatic rings. The van der Waals surface area contributed by atoms with Crippen LogP contribution in [0.2, 0.25) is 0 Å². The fourth-order valence-corrected chi connectivity index (χ4v) is 2.01. The number of aliphatic hydroxyl groups excluding tert-OH is 1. The third-order valence-corrected chi connectivity index (χ3v) is 3.71. The van der Waals surface area contributed by atoms with E-state index in [9.17, 15) is 13.6 Å². The lowest BCUT2D eigenvalue weighted by Crippen LogP contribution is -2.43. The topological polar surface area (TPSA) is 70.9 Å². The zero-order valence-electron chi connectivity index (χ0n) is 12.3. The molecule has 1 heterocycles. The van der Waals surface area contributed by atoms with Crippen LogP contribution >= 0.6 is 0 Å². The van der Waals surface area contributed by atoms with Gasteiger partial charge in [0.05, 0.1) is 5.71 Å². The van der Waals surface area contributed by atoms with Crippen LogP contribution in [0, 0.1) is 17.6 Å². The van der Waals surface area contributed by atoms with Gasteiger partial charge in [0.15, 0.2) is 0 Å². The molecule has 7 heteroatoms. The summed E-state index contributed by atoms with van der Waals surface area (Å²) in [6, 6.07) is 2.80. The molecule has 0 fully saturated rings. The van der Waals surface area contributed by atoms with E-state index in [-0.39, 0.29) is 36.3 Å². The molecular formula is C15H18F2N2O3. The van der Waals surface area contributed by atoms with Crippen molar-refractivity contribution in [2.45, 2.75) is 32.4 Å². The quantitative estimate of drug-likeness (QED) is 0.867. The SMILES string of the molecule is C[C@H](CO)[C@H](C)NC(=O)[C@H]1CC(c2cc(F)ccc2F)=NO1. The fourth-order valence-electron chi connectivity index (χ4n) is 2.01. The van der Waals surface area contributed by atoms with Gasteiger partial charge in [0, 0.05) is 24.6 Å². The zero-order valence-corrected chi connectivity index (χ0v) is 12.3. The average Bonchev–Trinajstić information content (AvgIpc) is 2.98. The molecular weight excluding hydrogens is 294 g/mol. The molecule has 0 saturated heterocycles. The van der Waals surface area contributed by atoms with Gasteiger partial charge < -0.3 is 15.3 Å². The van der Waals surface area contributed by atoms with Gasteiger partial charge in [0.25, 0.3) is 5.91 Å². The van der Waals surface area contributed by atoms with Crippen molar-refractivity contribution in [3.05, 3.63) is 35.4 Å². The maximum absolute atomic E-state index is 13.7. The van der Waals surface area contributed by atoms with E-state index in [4.69, 9.17) is 9.94 Å². The second-order valence-corrected chi connectivity index (χ2v) is 5.42. The van der Waals surface area contributed by atoms with Crippen molar-refractivity contribution in [3.8, 4) is 0 Å². The van der Waals surface area contributed by atoms with Crippen LogP contribution in [0.25, 0.3) is 0 Å². The Balaban J connectivity index is 2.00. The van der Waals surface area contributed by atoms with Crippen LogP contribution in [0.4, 0.5) is 8.78 Å². The molecule has 1 aromatic carbocycles. The molecule has 0 aliphatic carbocycles. The summed E-state index contributed by atoms with van der Waals surface area (Å²) >= 11 is 0. The lowest BCUT2D eigenvalue weighted by Gasteiger charge is -2.20. The van der Waals surface area contributed by atoms with Gasteiger partial charge in [-0.05, 0) is 31.0 Å². The number of amides is 1. The van der Waals surface area contributed by atoms with Gasteiger partial charge in [-0.3, -0.25) is 4.79 Å². The van der Waals surface area contributed by atoms with Crippen molar-refractivity contribution >= 4 is 11.6 Å². The average molecular weight is 312 g/mol. The highest BCUT2D eigenvalue weighted by Gasteiger charge is 2.31. The molecule has 22 heavy (non-hydrogen) atoms. The van der Waals surface area contributed by atoms with Crippen molar-refractivity contribution in [2.24, 2.45) is 11.1 Å². The van der Waals surface area contributed by atoms with E-state index >= 15 is 0 Å². The van der Waals surface area contributed by atoms with Crippen LogP contribution in [-0.2, 0) is 9.63 Å². The molecule has 3 atom stereocenters. The number of nitrogens with zero attached hydrogens (tertiary/aromatic N) is 1. The summed E-state index contributed by atoms with van der Waals surface area (Å²) in [7, 11) is 0. The summed E-state index contributed by atoms with van der Waals surface area (Å²) in [5.74, 6) is -1.71. The van der Waals surface area contributed by atoms with Crippen molar-refractivity contribution in [1.29, 1.82) is 0 Å². The summed E-state index contributed by atoms with van der Waals surface area (Å²) < 4.78 is 26.9.